The first-order chi connectivity index (χ1) is 11.7. The second-order valence-corrected chi connectivity index (χ2v) is 5.46. The van der Waals surface area contributed by atoms with E-state index in [2.05, 4.69) is 53.3 Å². The van der Waals surface area contributed by atoms with Gasteiger partial charge in [-0.2, -0.15) is 0 Å². The van der Waals surface area contributed by atoms with Crippen molar-refractivity contribution in [1.82, 2.24) is 0 Å². The van der Waals surface area contributed by atoms with Crippen LogP contribution in [0.4, 0.5) is 11.4 Å². The number of para-hydroxylation sites is 3. The van der Waals surface area contributed by atoms with Crippen LogP contribution in [0.25, 0.3) is 0 Å². The van der Waals surface area contributed by atoms with Crippen molar-refractivity contribution < 1.29 is 4.74 Å². The van der Waals surface area contributed by atoms with Gasteiger partial charge in [-0.25, -0.2) is 0 Å². The van der Waals surface area contributed by atoms with Gasteiger partial charge in [0.25, 0.3) is 0 Å². The van der Waals surface area contributed by atoms with E-state index in [1.54, 1.807) is 7.11 Å². The zero-order valence-electron chi connectivity index (χ0n) is 14.6. The molecule has 3 N–H and O–H groups in total. The summed E-state index contributed by atoms with van der Waals surface area (Å²) in [6, 6.07) is 16.0. The standard InChI is InChI=1S/C19H26N4O/c1-4-23(17-11-7-5-9-15(17)2)14-13-21-19(20)22-16-10-6-8-12-18(16)24-3/h5-12H,4,13-14H2,1-3H3,(H3,20,21,22). The Morgan fingerprint density at radius 3 is 2.58 bits per heavy atom. The largest absolute Gasteiger partial charge is 0.495 e. The third-order valence-corrected chi connectivity index (χ3v) is 3.86. The summed E-state index contributed by atoms with van der Waals surface area (Å²) >= 11 is 0. The topological polar surface area (TPSA) is 62.9 Å². The second-order valence-electron chi connectivity index (χ2n) is 5.46. The quantitative estimate of drug-likeness (QED) is 0.605. The number of anilines is 2. The first-order valence-electron chi connectivity index (χ1n) is 8.16. The Hall–Kier alpha value is -2.69. The fourth-order valence-corrected chi connectivity index (χ4v) is 2.58. The van der Waals surface area contributed by atoms with E-state index in [0.717, 1.165) is 24.5 Å². The van der Waals surface area contributed by atoms with Gasteiger partial charge in [0, 0.05) is 18.8 Å². The molecule has 0 aromatic heterocycles. The zero-order valence-corrected chi connectivity index (χ0v) is 14.6. The van der Waals surface area contributed by atoms with E-state index >= 15 is 0 Å². The van der Waals surface area contributed by atoms with Crippen molar-refractivity contribution in [2.45, 2.75) is 13.8 Å². The number of methoxy groups -OCH3 is 1. The van der Waals surface area contributed by atoms with E-state index in [4.69, 9.17) is 10.5 Å². The number of hydrogen-bond donors (Lipinski definition) is 2. The second kappa shape index (κ2) is 8.82. The monoisotopic (exact) mass is 326 g/mol. The van der Waals surface area contributed by atoms with Crippen LogP contribution in [0.15, 0.2) is 53.5 Å². The van der Waals surface area contributed by atoms with Gasteiger partial charge >= 0.3 is 0 Å². The molecule has 0 bridgehead atoms. The third-order valence-electron chi connectivity index (χ3n) is 3.86. The third kappa shape index (κ3) is 4.65. The fraction of sp³-hybridized carbons (Fsp3) is 0.316. The number of guanidine groups is 1. The number of likely N-dealkylation sites (N-methyl/N-ethyl adjacent to an activating group) is 1. The lowest BCUT2D eigenvalue weighted by molar-refractivity contribution is 0.417. The molecule has 128 valence electrons. The van der Waals surface area contributed by atoms with Crippen molar-refractivity contribution in [3.05, 3.63) is 54.1 Å². The van der Waals surface area contributed by atoms with E-state index < -0.39 is 0 Å². The van der Waals surface area contributed by atoms with Gasteiger partial charge in [-0.05, 0) is 37.6 Å². The predicted molar refractivity (Wildman–Crippen MR) is 102 cm³/mol. The number of hydrogen-bond acceptors (Lipinski definition) is 3. The Morgan fingerprint density at radius 1 is 1.17 bits per heavy atom. The van der Waals surface area contributed by atoms with Crippen molar-refractivity contribution in [3.8, 4) is 5.75 Å². The first kappa shape index (κ1) is 17.7. The molecule has 0 unspecified atom stereocenters. The fourth-order valence-electron chi connectivity index (χ4n) is 2.58. The zero-order chi connectivity index (χ0) is 17.4. The van der Waals surface area contributed by atoms with E-state index in [9.17, 15) is 0 Å². The maximum atomic E-state index is 5.99. The van der Waals surface area contributed by atoms with E-state index in [1.165, 1.54) is 11.3 Å². The lowest BCUT2D eigenvalue weighted by atomic mass is 10.2. The normalized spacial score (nSPS) is 11.2. The van der Waals surface area contributed by atoms with Gasteiger partial charge in [-0.3, -0.25) is 4.99 Å². The molecule has 5 nitrogen and oxygen atoms in total. The van der Waals surface area contributed by atoms with Gasteiger partial charge < -0.3 is 20.7 Å². The summed E-state index contributed by atoms with van der Waals surface area (Å²) in [7, 11) is 1.63. The predicted octanol–water partition coefficient (Wildman–Crippen LogP) is 3.26. The van der Waals surface area contributed by atoms with Crippen LogP contribution in [-0.2, 0) is 0 Å². The Bertz CT molecular complexity index is 685. The van der Waals surface area contributed by atoms with Gasteiger partial charge in [0.15, 0.2) is 5.96 Å². The highest BCUT2D eigenvalue weighted by atomic mass is 16.5. The van der Waals surface area contributed by atoms with Gasteiger partial charge in [0.1, 0.15) is 5.75 Å². The van der Waals surface area contributed by atoms with Crippen LogP contribution >= 0.6 is 0 Å². The smallest absolute Gasteiger partial charge is 0.193 e. The van der Waals surface area contributed by atoms with Crippen molar-refractivity contribution in [1.29, 1.82) is 0 Å². The van der Waals surface area contributed by atoms with E-state index in [-0.39, 0.29) is 0 Å². The summed E-state index contributed by atoms with van der Waals surface area (Å²) in [5.74, 6) is 1.13. The Balaban J connectivity index is 1.96. The molecule has 0 aliphatic rings. The Labute approximate surface area is 144 Å². The van der Waals surface area contributed by atoms with Gasteiger partial charge in [-0.1, -0.05) is 30.3 Å². The highest BCUT2D eigenvalue weighted by Gasteiger charge is 2.06. The SMILES string of the molecule is CCN(CCN=C(N)Nc1ccccc1OC)c1ccccc1C. The molecule has 0 spiro atoms. The number of nitrogens with one attached hydrogen (secondary N) is 1. The maximum absolute atomic E-state index is 5.99. The summed E-state index contributed by atoms with van der Waals surface area (Å²) in [5.41, 5.74) is 9.31. The van der Waals surface area contributed by atoms with Crippen LogP contribution < -0.4 is 20.7 Å². The Kier molecular flexibility index (Phi) is 6.49. The molecule has 2 aromatic rings. The molecule has 0 radical (unpaired) electrons. The molecule has 0 aliphatic heterocycles. The van der Waals surface area contributed by atoms with Crippen molar-refractivity contribution in [3.63, 3.8) is 0 Å². The molecular weight excluding hydrogens is 300 g/mol. The molecule has 2 aromatic carbocycles. The molecule has 0 fully saturated rings. The summed E-state index contributed by atoms with van der Waals surface area (Å²) in [5, 5.41) is 3.09. The minimum Gasteiger partial charge on any atom is -0.495 e. The van der Waals surface area contributed by atoms with Crippen LogP contribution in [0.3, 0.4) is 0 Å². The van der Waals surface area contributed by atoms with Gasteiger partial charge in [-0.15, -0.1) is 0 Å². The molecule has 0 heterocycles. The lowest BCUT2D eigenvalue weighted by Gasteiger charge is -2.24. The van der Waals surface area contributed by atoms with Crippen molar-refractivity contribution >= 4 is 17.3 Å². The minimum absolute atomic E-state index is 0.389. The van der Waals surface area contributed by atoms with Crippen molar-refractivity contribution in [2.24, 2.45) is 10.7 Å². The molecule has 5 heteroatoms. The number of aryl methyl sites for hydroxylation is 1. The molecule has 2 rings (SSSR count). The number of rotatable bonds is 7. The number of aliphatic imine (C=N–C) groups is 1. The van der Waals surface area contributed by atoms with Gasteiger partial charge in [0.2, 0.25) is 0 Å². The van der Waals surface area contributed by atoms with Crippen LogP contribution in [0.1, 0.15) is 12.5 Å². The van der Waals surface area contributed by atoms with Crippen LogP contribution in [0.2, 0.25) is 0 Å². The van der Waals surface area contributed by atoms with Crippen molar-refractivity contribution in [2.75, 3.05) is 37.0 Å². The molecule has 0 saturated carbocycles. The molecule has 0 amide bonds. The van der Waals surface area contributed by atoms with Gasteiger partial charge in [0.05, 0.1) is 19.3 Å². The number of nitrogens with zero attached hydrogens (tertiary/aromatic N) is 2. The molecule has 0 aliphatic carbocycles. The molecule has 0 saturated heterocycles. The highest BCUT2D eigenvalue weighted by Crippen LogP contribution is 2.22. The minimum atomic E-state index is 0.389. The van der Waals surface area contributed by atoms with Crippen LogP contribution in [0.5, 0.6) is 5.75 Å². The Morgan fingerprint density at radius 2 is 1.88 bits per heavy atom. The summed E-state index contributed by atoms with van der Waals surface area (Å²) in [6.45, 7) is 6.64. The number of ether oxygens (including phenoxy) is 1. The molecular formula is C19H26N4O. The number of nitrogens with two attached hydrogens (primary N) is 1. The number of benzene rings is 2. The lowest BCUT2D eigenvalue weighted by Crippen LogP contribution is -2.29. The van der Waals surface area contributed by atoms with Crippen LogP contribution in [-0.4, -0.2) is 32.7 Å². The summed E-state index contributed by atoms with van der Waals surface area (Å²) in [4.78, 5) is 6.72. The average molecular weight is 326 g/mol. The van der Waals surface area contributed by atoms with Crippen LogP contribution in [0, 0.1) is 6.92 Å². The maximum Gasteiger partial charge on any atom is 0.193 e. The average Bonchev–Trinajstić information content (AvgIpc) is 2.60. The summed E-state index contributed by atoms with van der Waals surface area (Å²) in [6.07, 6.45) is 0. The van der Waals surface area contributed by atoms with E-state index in [0.29, 0.717) is 12.5 Å². The first-order valence-corrected chi connectivity index (χ1v) is 8.16. The highest BCUT2D eigenvalue weighted by molar-refractivity contribution is 5.93. The summed E-state index contributed by atoms with van der Waals surface area (Å²) < 4.78 is 5.30. The molecule has 0 atom stereocenters. The van der Waals surface area contributed by atoms with E-state index in [1.807, 2.05) is 24.3 Å². The molecule has 24 heavy (non-hydrogen) atoms.